The van der Waals surface area contributed by atoms with Crippen molar-refractivity contribution in [2.45, 2.75) is 51.6 Å². The molecule has 1 fully saturated rings. The third kappa shape index (κ3) is 1.66. The van der Waals surface area contributed by atoms with E-state index in [9.17, 15) is 5.11 Å². The smallest absolute Gasteiger partial charge is 0.119 e. The van der Waals surface area contributed by atoms with Gasteiger partial charge in [0.05, 0.1) is 13.2 Å². The summed E-state index contributed by atoms with van der Waals surface area (Å²) >= 11 is 0. The van der Waals surface area contributed by atoms with Gasteiger partial charge in [-0.3, -0.25) is 0 Å². The fourth-order valence-corrected chi connectivity index (χ4v) is 4.77. The first-order valence-corrected chi connectivity index (χ1v) is 7.27. The van der Waals surface area contributed by atoms with Crippen LogP contribution in [-0.2, 0) is 5.41 Å². The average molecular weight is 260 g/mol. The van der Waals surface area contributed by atoms with E-state index in [0.29, 0.717) is 5.92 Å². The molecule has 0 aromatic heterocycles. The molecule has 2 aliphatic carbocycles. The fraction of sp³-hybridized carbons (Fsp3) is 0.647. The minimum Gasteiger partial charge on any atom is -0.497 e. The molecule has 0 heterocycles. The normalized spacial score (nSPS) is 35.6. The van der Waals surface area contributed by atoms with Gasteiger partial charge in [0.25, 0.3) is 0 Å². The molecular weight excluding hydrogens is 236 g/mol. The monoisotopic (exact) mass is 260 g/mol. The average Bonchev–Trinajstić information content (AvgIpc) is 2.58. The van der Waals surface area contributed by atoms with Crippen LogP contribution in [0.3, 0.4) is 0 Å². The van der Waals surface area contributed by atoms with Gasteiger partial charge in [-0.05, 0) is 46.9 Å². The second-order valence-electron chi connectivity index (χ2n) is 7.14. The molecule has 0 aliphatic heterocycles. The van der Waals surface area contributed by atoms with Gasteiger partial charge in [-0.25, -0.2) is 0 Å². The third-order valence-electron chi connectivity index (χ3n) is 5.55. The Labute approximate surface area is 115 Å². The molecule has 1 saturated carbocycles. The predicted octanol–water partition coefficient (Wildman–Crippen LogP) is 3.83. The lowest BCUT2D eigenvalue weighted by atomic mass is 9.56. The Morgan fingerprint density at radius 2 is 1.95 bits per heavy atom. The van der Waals surface area contributed by atoms with Crippen molar-refractivity contribution in [3.63, 3.8) is 0 Å². The van der Waals surface area contributed by atoms with Crippen LogP contribution in [-0.4, -0.2) is 12.2 Å². The number of ether oxygens (including phenoxy) is 1. The number of benzene rings is 1. The second kappa shape index (κ2) is 3.99. The molecule has 3 rings (SSSR count). The Bertz CT molecular complexity index is 506. The van der Waals surface area contributed by atoms with Crippen LogP contribution in [0.15, 0.2) is 18.2 Å². The summed E-state index contributed by atoms with van der Waals surface area (Å²) in [7, 11) is 1.68. The molecule has 19 heavy (non-hydrogen) atoms. The molecule has 104 valence electrons. The van der Waals surface area contributed by atoms with Crippen molar-refractivity contribution < 1.29 is 9.84 Å². The highest BCUT2D eigenvalue weighted by Crippen LogP contribution is 2.62. The van der Waals surface area contributed by atoms with E-state index in [1.54, 1.807) is 7.11 Å². The van der Waals surface area contributed by atoms with Crippen molar-refractivity contribution >= 4 is 0 Å². The molecular formula is C17H24O2. The van der Waals surface area contributed by atoms with Crippen molar-refractivity contribution in [3.8, 4) is 5.75 Å². The van der Waals surface area contributed by atoms with Gasteiger partial charge in [-0.15, -0.1) is 0 Å². The highest BCUT2D eigenvalue weighted by Gasteiger charge is 2.56. The van der Waals surface area contributed by atoms with Gasteiger partial charge in [0.15, 0.2) is 0 Å². The Morgan fingerprint density at radius 1 is 1.21 bits per heavy atom. The topological polar surface area (TPSA) is 29.5 Å². The van der Waals surface area contributed by atoms with Crippen LogP contribution < -0.4 is 4.74 Å². The van der Waals surface area contributed by atoms with Crippen molar-refractivity contribution in [1.29, 1.82) is 0 Å². The van der Waals surface area contributed by atoms with E-state index in [1.807, 2.05) is 12.1 Å². The van der Waals surface area contributed by atoms with Gasteiger partial charge in [0.1, 0.15) is 5.75 Å². The molecule has 2 aliphatic rings. The summed E-state index contributed by atoms with van der Waals surface area (Å²) in [5.41, 5.74) is 2.72. The summed E-state index contributed by atoms with van der Waals surface area (Å²) in [4.78, 5) is 0. The molecule has 3 atom stereocenters. The van der Waals surface area contributed by atoms with Crippen LogP contribution in [0.25, 0.3) is 0 Å². The zero-order valence-electron chi connectivity index (χ0n) is 12.4. The molecule has 0 bridgehead atoms. The lowest BCUT2D eigenvalue weighted by molar-refractivity contribution is -0.0272. The largest absolute Gasteiger partial charge is 0.497 e. The number of methoxy groups -OCH3 is 1. The number of aliphatic hydroxyl groups is 1. The first kappa shape index (κ1) is 13.0. The zero-order chi connectivity index (χ0) is 13.8. The van der Waals surface area contributed by atoms with Crippen molar-refractivity contribution in [2.24, 2.45) is 11.3 Å². The number of aliphatic hydroxyl groups excluding tert-OH is 1. The van der Waals surface area contributed by atoms with E-state index in [4.69, 9.17) is 4.74 Å². The van der Waals surface area contributed by atoms with E-state index in [1.165, 1.54) is 24.8 Å². The van der Waals surface area contributed by atoms with Gasteiger partial charge in [-0.2, -0.15) is 0 Å². The molecule has 0 amide bonds. The van der Waals surface area contributed by atoms with Crippen molar-refractivity contribution in [1.82, 2.24) is 0 Å². The lowest BCUT2D eigenvalue weighted by Gasteiger charge is -2.48. The van der Waals surface area contributed by atoms with Gasteiger partial charge in [-0.1, -0.05) is 33.3 Å². The highest BCUT2D eigenvalue weighted by molar-refractivity contribution is 5.47. The minimum atomic E-state index is -0.356. The first-order chi connectivity index (χ1) is 8.90. The molecule has 0 saturated heterocycles. The van der Waals surface area contributed by atoms with Crippen LogP contribution in [0.1, 0.15) is 57.3 Å². The maximum absolute atomic E-state index is 10.8. The van der Waals surface area contributed by atoms with Gasteiger partial charge in [0, 0.05) is 5.92 Å². The summed E-state index contributed by atoms with van der Waals surface area (Å²) in [5.74, 6) is 1.16. The van der Waals surface area contributed by atoms with Crippen molar-refractivity contribution in [2.75, 3.05) is 7.11 Å². The SMILES string of the molecule is COc1ccc2c(c1)[C@@H](O)[C@H]1C(C)(C)CCC[C@@]21C. The lowest BCUT2D eigenvalue weighted by Crippen LogP contribution is -2.43. The van der Waals surface area contributed by atoms with E-state index in [-0.39, 0.29) is 16.9 Å². The molecule has 0 unspecified atom stereocenters. The van der Waals surface area contributed by atoms with E-state index in [2.05, 4.69) is 26.8 Å². The Morgan fingerprint density at radius 3 is 2.63 bits per heavy atom. The summed E-state index contributed by atoms with van der Waals surface area (Å²) in [5, 5.41) is 10.8. The fourth-order valence-electron chi connectivity index (χ4n) is 4.77. The molecule has 0 spiro atoms. The predicted molar refractivity (Wildman–Crippen MR) is 76.4 cm³/mol. The third-order valence-corrected chi connectivity index (χ3v) is 5.55. The minimum absolute atomic E-state index is 0.114. The summed E-state index contributed by atoms with van der Waals surface area (Å²) in [6, 6.07) is 6.22. The van der Waals surface area contributed by atoms with E-state index >= 15 is 0 Å². The maximum Gasteiger partial charge on any atom is 0.119 e. The zero-order valence-corrected chi connectivity index (χ0v) is 12.4. The van der Waals surface area contributed by atoms with Crippen LogP contribution in [0.2, 0.25) is 0 Å². The number of hydrogen-bond acceptors (Lipinski definition) is 2. The molecule has 0 radical (unpaired) electrons. The van der Waals surface area contributed by atoms with Gasteiger partial charge in [0.2, 0.25) is 0 Å². The summed E-state index contributed by atoms with van der Waals surface area (Å²) in [6.45, 7) is 6.95. The van der Waals surface area contributed by atoms with E-state index in [0.717, 1.165) is 11.3 Å². The quantitative estimate of drug-likeness (QED) is 0.831. The maximum atomic E-state index is 10.8. The van der Waals surface area contributed by atoms with Crippen LogP contribution in [0.5, 0.6) is 5.75 Å². The van der Waals surface area contributed by atoms with Gasteiger partial charge < -0.3 is 9.84 Å². The number of fused-ring (bicyclic) bond motifs is 3. The van der Waals surface area contributed by atoms with Crippen molar-refractivity contribution in [3.05, 3.63) is 29.3 Å². The standard InChI is InChI=1S/C17H24O2/c1-16(2)8-5-9-17(3)13-7-6-11(19-4)10-12(13)14(18)15(16)17/h6-7,10,14-15,18H,5,8-9H2,1-4H3/t14-,15+,17+/m1/s1. The second-order valence-corrected chi connectivity index (χ2v) is 7.14. The summed E-state index contributed by atoms with van der Waals surface area (Å²) in [6.07, 6.45) is 3.27. The molecule has 1 aromatic rings. The molecule has 1 N–H and O–H groups in total. The molecule has 1 aromatic carbocycles. The number of rotatable bonds is 1. The Hall–Kier alpha value is -1.02. The first-order valence-electron chi connectivity index (χ1n) is 7.27. The number of hydrogen-bond donors (Lipinski definition) is 1. The van der Waals surface area contributed by atoms with Crippen LogP contribution in [0.4, 0.5) is 0 Å². The Balaban J connectivity index is 2.15. The molecule has 2 nitrogen and oxygen atoms in total. The van der Waals surface area contributed by atoms with E-state index < -0.39 is 0 Å². The van der Waals surface area contributed by atoms with Crippen LogP contribution in [0, 0.1) is 11.3 Å². The Kier molecular flexibility index (Phi) is 2.72. The van der Waals surface area contributed by atoms with Gasteiger partial charge >= 0.3 is 0 Å². The summed E-state index contributed by atoms with van der Waals surface area (Å²) < 4.78 is 5.31. The molecule has 2 heteroatoms. The van der Waals surface area contributed by atoms with Crippen LogP contribution >= 0.6 is 0 Å². The highest BCUT2D eigenvalue weighted by atomic mass is 16.5.